The molecule has 0 radical (unpaired) electrons. The van der Waals surface area contributed by atoms with Gasteiger partial charge in [-0.25, -0.2) is 0 Å². The van der Waals surface area contributed by atoms with Crippen molar-refractivity contribution >= 4 is 8.07 Å². The van der Waals surface area contributed by atoms with Gasteiger partial charge < -0.3 is 5.11 Å². The number of alkyl halides is 3. The third-order valence-electron chi connectivity index (χ3n) is 1.14. The minimum Gasteiger partial charge on any atom is -0.383 e. The Morgan fingerprint density at radius 1 is 1.31 bits per heavy atom. The molecule has 0 heterocycles. The Morgan fingerprint density at radius 3 is 2.08 bits per heavy atom. The average molecular weight is 210 g/mol. The summed E-state index contributed by atoms with van der Waals surface area (Å²) in [6.45, 7) is 5.79. The van der Waals surface area contributed by atoms with Crippen molar-refractivity contribution in [2.45, 2.75) is 38.3 Å². The molecule has 1 N–H and O–H groups in total. The maximum atomic E-state index is 11.8. The summed E-state index contributed by atoms with van der Waals surface area (Å²) in [5.41, 5.74) is 2.75. The van der Waals surface area contributed by atoms with Gasteiger partial charge in [-0.1, -0.05) is 19.6 Å². The predicted octanol–water partition coefficient (Wildman–Crippen LogP) is 2.18. The summed E-state index contributed by atoms with van der Waals surface area (Å²) in [6, 6.07) is 0. The first-order valence-corrected chi connectivity index (χ1v) is 7.38. The molecule has 0 saturated heterocycles. The molecule has 0 fully saturated rings. The first kappa shape index (κ1) is 12.5. The van der Waals surface area contributed by atoms with E-state index in [4.69, 9.17) is 5.11 Å². The molecule has 0 aromatic rings. The highest BCUT2D eigenvalue weighted by Crippen LogP contribution is 2.21. The zero-order valence-electron chi connectivity index (χ0n) is 7.87. The number of hydrogen-bond donors (Lipinski definition) is 1. The second kappa shape index (κ2) is 4.16. The Balaban J connectivity index is 4.09. The van der Waals surface area contributed by atoms with E-state index in [1.807, 2.05) is 19.6 Å². The smallest absolute Gasteiger partial charge is 0.383 e. The number of rotatable bonds is 1. The molecule has 0 aliphatic rings. The van der Waals surface area contributed by atoms with E-state index in [2.05, 4.69) is 11.5 Å². The molecule has 1 unspecified atom stereocenters. The molecule has 0 spiro atoms. The van der Waals surface area contributed by atoms with Crippen molar-refractivity contribution in [2.75, 3.05) is 0 Å². The molecule has 0 rings (SSSR count). The van der Waals surface area contributed by atoms with Gasteiger partial charge in [0.1, 0.15) is 8.07 Å². The Labute approximate surface area is 77.0 Å². The van der Waals surface area contributed by atoms with E-state index in [9.17, 15) is 13.2 Å². The average Bonchev–Trinajstić information content (AvgIpc) is 1.82. The normalized spacial score (nSPS) is 14.7. The predicted molar refractivity (Wildman–Crippen MR) is 47.8 cm³/mol. The van der Waals surface area contributed by atoms with Gasteiger partial charge in [-0.2, -0.15) is 13.2 Å². The summed E-state index contributed by atoms with van der Waals surface area (Å²) in [5, 5.41) is 8.57. The van der Waals surface area contributed by atoms with Crippen LogP contribution in [0.15, 0.2) is 0 Å². The topological polar surface area (TPSA) is 20.2 Å². The largest absolute Gasteiger partial charge is 0.415 e. The number of aliphatic hydroxyl groups excluding tert-OH is 1. The molecular weight excluding hydrogens is 197 g/mol. The molecule has 0 aliphatic heterocycles. The van der Waals surface area contributed by atoms with Crippen molar-refractivity contribution < 1.29 is 18.3 Å². The fourth-order valence-corrected chi connectivity index (χ4v) is 1.16. The van der Waals surface area contributed by atoms with Crippen molar-refractivity contribution in [3.8, 4) is 11.5 Å². The molecule has 13 heavy (non-hydrogen) atoms. The lowest BCUT2D eigenvalue weighted by molar-refractivity contribution is -0.201. The molecule has 1 atom stereocenters. The first-order valence-electron chi connectivity index (χ1n) is 3.88. The van der Waals surface area contributed by atoms with Crippen LogP contribution in [0.25, 0.3) is 0 Å². The van der Waals surface area contributed by atoms with Crippen LogP contribution >= 0.6 is 0 Å². The van der Waals surface area contributed by atoms with Crippen molar-refractivity contribution in [3.63, 3.8) is 0 Å². The highest BCUT2D eigenvalue weighted by molar-refractivity contribution is 6.83. The molecule has 76 valence electrons. The minimum atomic E-state index is -4.55. The zero-order chi connectivity index (χ0) is 10.7. The number of halogens is 3. The maximum absolute atomic E-state index is 11.8. The van der Waals surface area contributed by atoms with Gasteiger partial charge in [-0.05, 0) is 0 Å². The van der Waals surface area contributed by atoms with E-state index in [1.165, 1.54) is 0 Å². The molecular formula is C8H13F3OSi. The minimum absolute atomic E-state index is 0.520. The van der Waals surface area contributed by atoms with Crippen LogP contribution in [0.5, 0.6) is 0 Å². The van der Waals surface area contributed by atoms with Crippen molar-refractivity contribution in [1.82, 2.24) is 0 Å². The summed E-state index contributed by atoms with van der Waals surface area (Å²) in [6.07, 6.45) is -7.38. The van der Waals surface area contributed by atoms with E-state index in [0.29, 0.717) is 0 Å². The van der Waals surface area contributed by atoms with Gasteiger partial charge in [0, 0.05) is 6.42 Å². The van der Waals surface area contributed by atoms with Crippen LogP contribution in [0.3, 0.4) is 0 Å². The third-order valence-corrected chi connectivity index (χ3v) is 2.06. The highest BCUT2D eigenvalue weighted by Gasteiger charge is 2.37. The van der Waals surface area contributed by atoms with E-state index in [0.717, 1.165) is 0 Å². The molecule has 0 aromatic heterocycles. The molecule has 5 heteroatoms. The van der Waals surface area contributed by atoms with Crippen LogP contribution in [0.1, 0.15) is 6.42 Å². The van der Waals surface area contributed by atoms with Crippen LogP contribution in [0.4, 0.5) is 13.2 Å². The monoisotopic (exact) mass is 210 g/mol. The quantitative estimate of drug-likeness (QED) is 0.519. The SMILES string of the molecule is C[Si](C)(C)C#CCC(O)C(F)(F)F. The van der Waals surface area contributed by atoms with Crippen LogP contribution in [0, 0.1) is 11.5 Å². The van der Waals surface area contributed by atoms with Gasteiger partial charge in [0.25, 0.3) is 0 Å². The summed E-state index contributed by atoms with van der Waals surface area (Å²) in [7, 11) is -1.62. The number of hydrogen-bond acceptors (Lipinski definition) is 1. The van der Waals surface area contributed by atoms with E-state index < -0.39 is 26.8 Å². The lowest BCUT2D eigenvalue weighted by Crippen LogP contribution is -2.28. The molecule has 0 saturated carbocycles. The Bertz CT molecular complexity index is 218. The summed E-state index contributed by atoms with van der Waals surface area (Å²) < 4.78 is 35.3. The molecule has 0 bridgehead atoms. The lowest BCUT2D eigenvalue weighted by atomic mass is 10.2. The van der Waals surface area contributed by atoms with Gasteiger partial charge in [0.15, 0.2) is 6.10 Å². The van der Waals surface area contributed by atoms with Gasteiger partial charge in [0.2, 0.25) is 0 Å². The Kier molecular flexibility index (Phi) is 4.01. The van der Waals surface area contributed by atoms with Crippen LogP contribution in [-0.4, -0.2) is 25.5 Å². The number of aliphatic hydroxyl groups is 1. The van der Waals surface area contributed by atoms with E-state index >= 15 is 0 Å². The lowest BCUT2D eigenvalue weighted by Gasteiger charge is -2.11. The zero-order valence-corrected chi connectivity index (χ0v) is 8.87. The van der Waals surface area contributed by atoms with Gasteiger partial charge in [0.05, 0.1) is 0 Å². The molecule has 0 aliphatic carbocycles. The van der Waals surface area contributed by atoms with Crippen molar-refractivity contribution in [3.05, 3.63) is 0 Å². The van der Waals surface area contributed by atoms with Crippen LogP contribution in [0.2, 0.25) is 19.6 Å². The van der Waals surface area contributed by atoms with Crippen LogP contribution in [-0.2, 0) is 0 Å². The summed E-state index contributed by atoms with van der Waals surface area (Å²) in [4.78, 5) is 0. The van der Waals surface area contributed by atoms with Gasteiger partial charge >= 0.3 is 6.18 Å². The maximum Gasteiger partial charge on any atom is 0.415 e. The molecule has 1 nitrogen and oxygen atoms in total. The summed E-state index contributed by atoms with van der Waals surface area (Å²) in [5.74, 6) is 2.37. The van der Waals surface area contributed by atoms with E-state index in [-0.39, 0.29) is 0 Å². The highest BCUT2D eigenvalue weighted by atomic mass is 28.3. The van der Waals surface area contributed by atoms with Crippen molar-refractivity contribution in [2.24, 2.45) is 0 Å². The molecule has 0 aromatic carbocycles. The third kappa shape index (κ3) is 6.67. The Morgan fingerprint density at radius 2 is 1.77 bits per heavy atom. The second-order valence-corrected chi connectivity index (χ2v) is 8.56. The van der Waals surface area contributed by atoms with Gasteiger partial charge in [-0.15, -0.1) is 11.5 Å². The van der Waals surface area contributed by atoms with Crippen molar-refractivity contribution in [1.29, 1.82) is 0 Å². The van der Waals surface area contributed by atoms with Gasteiger partial charge in [-0.3, -0.25) is 0 Å². The molecule has 0 amide bonds. The summed E-state index contributed by atoms with van der Waals surface area (Å²) >= 11 is 0. The first-order chi connectivity index (χ1) is 5.63. The fraction of sp³-hybridized carbons (Fsp3) is 0.750. The standard InChI is InChI=1S/C8H13F3OSi/c1-13(2,3)6-4-5-7(12)8(9,10)11/h7,12H,5H2,1-3H3. The van der Waals surface area contributed by atoms with E-state index in [1.54, 1.807) is 0 Å². The second-order valence-electron chi connectivity index (χ2n) is 3.81. The Hall–Kier alpha value is -0.473. The fourth-order valence-electron chi connectivity index (χ4n) is 0.529. The van der Waals surface area contributed by atoms with Crippen LogP contribution < -0.4 is 0 Å².